The number of nitriles is 1. The topological polar surface area (TPSA) is 92.1 Å². The van der Waals surface area contributed by atoms with Crippen LogP contribution in [-0.4, -0.2) is 23.5 Å². The Morgan fingerprint density at radius 3 is 2.65 bits per heavy atom. The Morgan fingerprint density at radius 2 is 1.96 bits per heavy atom. The van der Waals surface area contributed by atoms with Gasteiger partial charge in [0.15, 0.2) is 6.61 Å². The Hall–Kier alpha value is -2.62. The highest BCUT2D eigenvalue weighted by atomic mass is 35.5. The van der Waals surface area contributed by atoms with Gasteiger partial charge in [-0.3, -0.25) is 4.79 Å². The van der Waals surface area contributed by atoms with E-state index in [9.17, 15) is 9.59 Å². The van der Waals surface area contributed by atoms with Crippen LogP contribution in [0.2, 0.25) is 10.0 Å². The van der Waals surface area contributed by atoms with E-state index >= 15 is 0 Å². The molecule has 23 heavy (non-hydrogen) atoms. The average Bonchev–Trinajstić information content (AvgIpc) is 2.53. The van der Waals surface area contributed by atoms with Crippen molar-refractivity contribution in [3.05, 3.63) is 57.8 Å². The predicted octanol–water partition coefficient (Wildman–Crippen LogP) is 3.06. The van der Waals surface area contributed by atoms with Crippen LogP contribution in [-0.2, 0) is 9.53 Å². The maximum atomic E-state index is 11.8. The Labute approximate surface area is 141 Å². The Bertz CT molecular complexity index is 803. The zero-order valence-electron chi connectivity index (χ0n) is 11.5. The molecule has 1 amide bonds. The predicted molar refractivity (Wildman–Crippen MR) is 84.3 cm³/mol. The molecule has 1 aromatic heterocycles. The van der Waals surface area contributed by atoms with Gasteiger partial charge in [-0.05, 0) is 30.3 Å². The van der Waals surface area contributed by atoms with Crippen LogP contribution in [0.25, 0.3) is 0 Å². The number of carbonyl (C=O) groups excluding carboxylic acids is 2. The summed E-state index contributed by atoms with van der Waals surface area (Å²) in [7, 11) is 0. The fourth-order valence-corrected chi connectivity index (χ4v) is 1.96. The summed E-state index contributed by atoms with van der Waals surface area (Å²) in [5, 5.41) is 12.1. The second kappa shape index (κ2) is 7.58. The van der Waals surface area contributed by atoms with Gasteiger partial charge in [-0.15, -0.1) is 0 Å². The normalized spacial score (nSPS) is 9.78. The second-order valence-electron chi connectivity index (χ2n) is 4.29. The van der Waals surface area contributed by atoms with E-state index in [1.165, 1.54) is 36.5 Å². The summed E-state index contributed by atoms with van der Waals surface area (Å²) in [5.41, 5.74) is 0.471. The summed E-state index contributed by atoms with van der Waals surface area (Å²) in [5.74, 6) is -1.40. The third-order valence-electron chi connectivity index (χ3n) is 2.64. The monoisotopic (exact) mass is 349 g/mol. The maximum absolute atomic E-state index is 11.8. The Balaban J connectivity index is 1.97. The lowest BCUT2D eigenvalue weighted by Gasteiger charge is -2.08. The van der Waals surface area contributed by atoms with E-state index in [0.717, 1.165) is 0 Å². The number of nitrogens with one attached hydrogen (secondary N) is 1. The molecule has 0 aliphatic rings. The van der Waals surface area contributed by atoms with Gasteiger partial charge in [0.1, 0.15) is 11.8 Å². The van der Waals surface area contributed by atoms with Crippen LogP contribution in [0.4, 0.5) is 5.69 Å². The molecule has 0 unspecified atom stereocenters. The van der Waals surface area contributed by atoms with Gasteiger partial charge in [-0.1, -0.05) is 23.2 Å². The Kier molecular flexibility index (Phi) is 5.52. The molecule has 0 aliphatic carbocycles. The van der Waals surface area contributed by atoms with Crippen LogP contribution >= 0.6 is 23.2 Å². The third kappa shape index (κ3) is 4.68. The number of amides is 1. The van der Waals surface area contributed by atoms with E-state index in [2.05, 4.69) is 10.3 Å². The Morgan fingerprint density at radius 1 is 1.22 bits per heavy atom. The van der Waals surface area contributed by atoms with Crippen LogP contribution in [0.5, 0.6) is 0 Å². The van der Waals surface area contributed by atoms with Crippen LogP contribution in [0.15, 0.2) is 36.5 Å². The number of esters is 1. The average molecular weight is 350 g/mol. The van der Waals surface area contributed by atoms with Crippen molar-refractivity contribution < 1.29 is 14.3 Å². The van der Waals surface area contributed by atoms with Crippen LogP contribution in [0.1, 0.15) is 16.1 Å². The molecule has 1 heterocycles. The fraction of sp³-hybridized carbons (Fsp3) is 0.0667. The maximum Gasteiger partial charge on any atom is 0.357 e. The lowest BCUT2D eigenvalue weighted by molar-refractivity contribution is -0.119. The highest BCUT2D eigenvalue weighted by molar-refractivity contribution is 6.31. The van der Waals surface area contributed by atoms with Gasteiger partial charge in [0.05, 0.1) is 11.3 Å². The van der Waals surface area contributed by atoms with Gasteiger partial charge in [0, 0.05) is 16.2 Å². The number of carbonyl (C=O) groups is 2. The fourth-order valence-electron chi connectivity index (χ4n) is 1.63. The highest BCUT2D eigenvalue weighted by Gasteiger charge is 2.13. The van der Waals surface area contributed by atoms with Crippen molar-refractivity contribution >= 4 is 40.8 Å². The molecule has 0 spiro atoms. The van der Waals surface area contributed by atoms with Crippen molar-refractivity contribution in [2.24, 2.45) is 0 Å². The number of pyridine rings is 1. The van der Waals surface area contributed by atoms with Gasteiger partial charge in [-0.2, -0.15) is 5.26 Å². The van der Waals surface area contributed by atoms with E-state index in [4.69, 9.17) is 33.2 Å². The number of hydrogen-bond acceptors (Lipinski definition) is 5. The molecule has 1 aromatic carbocycles. The molecular formula is C15H9Cl2N3O3. The van der Waals surface area contributed by atoms with Gasteiger partial charge in [0.25, 0.3) is 5.91 Å². The zero-order valence-corrected chi connectivity index (χ0v) is 13.1. The van der Waals surface area contributed by atoms with E-state index in [0.29, 0.717) is 10.0 Å². The lowest BCUT2D eigenvalue weighted by Crippen LogP contribution is -2.21. The summed E-state index contributed by atoms with van der Waals surface area (Å²) < 4.78 is 4.83. The number of hydrogen-bond donors (Lipinski definition) is 1. The number of aromatic nitrogens is 1. The summed E-state index contributed by atoms with van der Waals surface area (Å²) in [6.07, 6.45) is 1.35. The zero-order chi connectivity index (χ0) is 16.8. The summed E-state index contributed by atoms with van der Waals surface area (Å²) in [6.45, 7) is -0.537. The third-order valence-corrected chi connectivity index (χ3v) is 3.11. The molecule has 0 atom stereocenters. The molecule has 1 N–H and O–H groups in total. The summed E-state index contributed by atoms with van der Waals surface area (Å²) >= 11 is 11.5. The standard InChI is InChI=1S/C15H9Cl2N3O3/c16-10-2-1-9(7-18)12(5-10)20-14(21)8-23-15(22)13-6-11(17)3-4-19-13/h1-6H,8H2,(H,20,21). The van der Waals surface area contributed by atoms with E-state index in [-0.39, 0.29) is 16.9 Å². The second-order valence-corrected chi connectivity index (χ2v) is 5.16. The van der Waals surface area contributed by atoms with E-state index in [1.54, 1.807) is 0 Å². The minimum atomic E-state index is -0.783. The van der Waals surface area contributed by atoms with Gasteiger partial charge in [0.2, 0.25) is 0 Å². The number of nitrogens with zero attached hydrogens (tertiary/aromatic N) is 2. The molecule has 6 nitrogen and oxygen atoms in total. The van der Waals surface area contributed by atoms with Crippen molar-refractivity contribution in [3.63, 3.8) is 0 Å². The molecule has 0 bridgehead atoms. The first-order valence-corrected chi connectivity index (χ1v) is 7.03. The number of benzene rings is 1. The van der Waals surface area contributed by atoms with Crippen molar-refractivity contribution in [2.75, 3.05) is 11.9 Å². The van der Waals surface area contributed by atoms with Crippen LogP contribution in [0.3, 0.4) is 0 Å². The smallest absolute Gasteiger partial charge is 0.357 e. The van der Waals surface area contributed by atoms with E-state index in [1.807, 2.05) is 6.07 Å². The molecule has 0 radical (unpaired) electrons. The molecule has 0 saturated carbocycles. The molecule has 0 aliphatic heterocycles. The van der Waals surface area contributed by atoms with Crippen molar-refractivity contribution in [3.8, 4) is 6.07 Å². The first-order chi connectivity index (χ1) is 11.0. The lowest BCUT2D eigenvalue weighted by atomic mass is 10.2. The first kappa shape index (κ1) is 16.7. The minimum Gasteiger partial charge on any atom is -0.451 e. The SMILES string of the molecule is N#Cc1ccc(Cl)cc1NC(=O)COC(=O)c1cc(Cl)ccn1. The molecule has 2 rings (SSSR count). The minimum absolute atomic E-state index is 0.00855. The quantitative estimate of drug-likeness (QED) is 0.856. The molecule has 116 valence electrons. The van der Waals surface area contributed by atoms with Gasteiger partial charge >= 0.3 is 5.97 Å². The number of halogens is 2. The number of rotatable bonds is 4. The summed E-state index contributed by atoms with van der Waals surface area (Å²) in [4.78, 5) is 27.3. The first-order valence-electron chi connectivity index (χ1n) is 6.28. The van der Waals surface area contributed by atoms with Crippen LogP contribution < -0.4 is 5.32 Å². The van der Waals surface area contributed by atoms with Gasteiger partial charge < -0.3 is 10.1 Å². The van der Waals surface area contributed by atoms with Gasteiger partial charge in [-0.25, -0.2) is 9.78 Å². The highest BCUT2D eigenvalue weighted by Crippen LogP contribution is 2.20. The number of anilines is 1. The van der Waals surface area contributed by atoms with Crippen molar-refractivity contribution in [1.29, 1.82) is 5.26 Å². The molecule has 2 aromatic rings. The van der Waals surface area contributed by atoms with Crippen molar-refractivity contribution in [1.82, 2.24) is 4.98 Å². The van der Waals surface area contributed by atoms with Crippen molar-refractivity contribution in [2.45, 2.75) is 0 Å². The molecule has 8 heteroatoms. The largest absolute Gasteiger partial charge is 0.451 e. The molecule has 0 fully saturated rings. The molecule has 0 saturated heterocycles. The number of ether oxygens (including phenoxy) is 1. The van der Waals surface area contributed by atoms with Crippen LogP contribution in [0, 0.1) is 11.3 Å². The molecular weight excluding hydrogens is 341 g/mol. The summed E-state index contributed by atoms with van der Waals surface area (Å²) in [6, 6.07) is 9.18. The van der Waals surface area contributed by atoms with E-state index < -0.39 is 18.5 Å².